The first-order valence-electron chi connectivity index (χ1n) is 6.41. The Hall–Kier alpha value is -0.820. The molecule has 0 N–H and O–H groups in total. The third-order valence-corrected chi connectivity index (χ3v) is 4.87. The molecule has 4 atom stereocenters. The van der Waals surface area contributed by atoms with Gasteiger partial charge in [0.25, 0.3) is 0 Å². The lowest BCUT2D eigenvalue weighted by atomic mass is 9.70. The third kappa shape index (κ3) is 1.27. The minimum Gasteiger partial charge on any atom is -0.299 e. The van der Waals surface area contributed by atoms with E-state index in [1.165, 1.54) is 25.1 Å². The Kier molecular flexibility index (Phi) is 2.16. The highest BCUT2D eigenvalue weighted by Crippen LogP contribution is 2.53. The van der Waals surface area contributed by atoms with E-state index in [1.807, 2.05) is 0 Å². The molecular formula is C15H21N. The van der Waals surface area contributed by atoms with E-state index in [-0.39, 0.29) is 0 Å². The average molecular weight is 215 g/mol. The molecule has 2 saturated heterocycles. The highest BCUT2D eigenvalue weighted by Gasteiger charge is 2.52. The van der Waals surface area contributed by atoms with Crippen LogP contribution >= 0.6 is 0 Å². The van der Waals surface area contributed by atoms with Crippen LogP contribution in [0.15, 0.2) is 24.3 Å². The van der Waals surface area contributed by atoms with E-state index >= 15 is 0 Å². The quantitative estimate of drug-likeness (QED) is 0.695. The van der Waals surface area contributed by atoms with Crippen molar-refractivity contribution in [2.45, 2.75) is 39.2 Å². The van der Waals surface area contributed by atoms with E-state index in [0.717, 1.165) is 12.0 Å². The summed E-state index contributed by atoms with van der Waals surface area (Å²) in [6.07, 6.45) is 1.37. The number of hydrogen-bond donors (Lipinski definition) is 0. The van der Waals surface area contributed by atoms with Crippen LogP contribution in [0.4, 0.5) is 0 Å². The van der Waals surface area contributed by atoms with Crippen molar-refractivity contribution in [2.24, 2.45) is 5.41 Å². The minimum absolute atomic E-state index is 0.519. The number of benzene rings is 1. The Morgan fingerprint density at radius 1 is 1.31 bits per heavy atom. The van der Waals surface area contributed by atoms with Crippen molar-refractivity contribution in [1.82, 2.24) is 4.90 Å². The molecule has 0 aromatic heterocycles. The molecule has 2 fully saturated rings. The molecule has 2 heterocycles. The number of nitrogens with zero attached hydrogens (tertiary/aromatic N) is 1. The van der Waals surface area contributed by atoms with Crippen LogP contribution in [0.5, 0.6) is 0 Å². The van der Waals surface area contributed by atoms with E-state index in [1.54, 1.807) is 5.56 Å². The number of fused-ring (bicyclic) bond motifs is 2. The van der Waals surface area contributed by atoms with Gasteiger partial charge in [-0.25, -0.2) is 0 Å². The Morgan fingerprint density at radius 3 is 2.69 bits per heavy atom. The highest BCUT2D eigenvalue weighted by molar-refractivity contribution is 5.34. The fourth-order valence-electron chi connectivity index (χ4n) is 3.99. The maximum absolute atomic E-state index is 2.66. The maximum atomic E-state index is 2.66. The molecule has 1 aromatic rings. The molecule has 3 rings (SSSR count). The summed E-state index contributed by atoms with van der Waals surface area (Å²) in [6.45, 7) is 9.75. The Balaban J connectivity index is 2.05. The van der Waals surface area contributed by atoms with Gasteiger partial charge in [-0.05, 0) is 43.4 Å². The van der Waals surface area contributed by atoms with Gasteiger partial charge in [0.05, 0.1) is 0 Å². The van der Waals surface area contributed by atoms with E-state index in [4.69, 9.17) is 0 Å². The molecule has 2 aliphatic rings. The summed E-state index contributed by atoms with van der Waals surface area (Å²) in [5.74, 6) is 0.738. The van der Waals surface area contributed by atoms with Crippen LogP contribution < -0.4 is 0 Å². The van der Waals surface area contributed by atoms with Gasteiger partial charge in [-0.15, -0.1) is 0 Å². The topological polar surface area (TPSA) is 3.24 Å². The van der Waals surface area contributed by atoms with Gasteiger partial charge < -0.3 is 0 Å². The molecule has 0 amide bonds. The van der Waals surface area contributed by atoms with Crippen molar-refractivity contribution in [3.63, 3.8) is 0 Å². The number of piperidine rings is 1. The SMILES string of the molecule is Cc1ccccc1C1[C@@H](C)N2CCC1(C)C2. The molecule has 1 heteroatoms. The first-order chi connectivity index (χ1) is 7.62. The van der Waals surface area contributed by atoms with Gasteiger partial charge in [-0.2, -0.15) is 0 Å². The van der Waals surface area contributed by atoms with E-state index in [9.17, 15) is 0 Å². The second-order valence-electron chi connectivity index (χ2n) is 5.95. The number of hydrogen-bond acceptors (Lipinski definition) is 1. The number of rotatable bonds is 1. The fraction of sp³-hybridized carbons (Fsp3) is 0.600. The number of aryl methyl sites for hydroxylation is 1. The zero-order chi connectivity index (χ0) is 11.3. The molecule has 86 valence electrons. The highest BCUT2D eigenvalue weighted by atomic mass is 15.2. The Labute approximate surface area is 98.5 Å². The van der Waals surface area contributed by atoms with E-state index in [2.05, 4.69) is 49.9 Å². The second kappa shape index (κ2) is 3.33. The summed E-state index contributed by atoms with van der Waals surface area (Å²) in [7, 11) is 0. The van der Waals surface area contributed by atoms with Crippen LogP contribution in [0.2, 0.25) is 0 Å². The van der Waals surface area contributed by atoms with Crippen molar-refractivity contribution in [3.05, 3.63) is 35.4 Å². The zero-order valence-electron chi connectivity index (χ0n) is 10.5. The maximum Gasteiger partial charge on any atom is 0.0142 e. The zero-order valence-corrected chi connectivity index (χ0v) is 10.5. The van der Waals surface area contributed by atoms with E-state index < -0.39 is 0 Å². The normalized spacial score (nSPS) is 41.6. The predicted octanol–water partition coefficient (Wildman–Crippen LogP) is 3.19. The molecule has 2 aliphatic heterocycles. The Bertz CT molecular complexity index is 412. The van der Waals surface area contributed by atoms with Crippen molar-refractivity contribution >= 4 is 0 Å². The first-order valence-corrected chi connectivity index (χ1v) is 6.41. The van der Waals surface area contributed by atoms with Gasteiger partial charge >= 0.3 is 0 Å². The molecule has 0 radical (unpaired) electrons. The van der Waals surface area contributed by atoms with Crippen molar-refractivity contribution in [2.75, 3.05) is 13.1 Å². The lowest BCUT2D eigenvalue weighted by Crippen LogP contribution is -2.34. The van der Waals surface area contributed by atoms with Crippen LogP contribution in [-0.2, 0) is 0 Å². The fourth-order valence-corrected chi connectivity index (χ4v) is 3.99. The van der Waals surface area contributed by atoms with Gasteiger partial charge in [0, 0.05) is 18.5 Å². The van der Waals surface area contributed by atoms with Crippen LogP contribution in [-0.4, -0.2) is 24.0 Å². The summed E-state index contributed by atoms with van der Waals surface area (Å²) in [4.78, 5) is 2.66. The van der Waals surface area contributed by atoms with Crippen LogP contribution in [0.1, 0.15) is 37.3 Å². The summed E-state index contributed by atoms with van der Waals surface area (Å²) < 4.78 is 0. The third-order valence-electron chi connectivity index (χ3n) is 4.87. The van der Waals surface area contributed by atoms with Gasteiger partial charge in [-0.1, -0.05) is 31.2 Å². The smallest absolute Gasteiger partial charge is 0.0142 e. The first kappa shape index (κ1) is 10.3. The van der Waals surface area contributed by atoms with Crippen LogP contribution in [0, 0.1) is 12.3 Å². The molecule has 0 spiro atoms. The Morgan fingerprint density at radius 2 is 2.06 bits per heavy atom. The largest absolute Gasteiger partial charge is 0.299 e. The van der Waals surface area contributed by atoms with Gasteiger partial charge in [0.2, 0.25) is 0 Å². The molecule has 2 bridgehead atoms. The van der Waals surface area contributed by atoms with Crippen LogP contribution in [0.25, 0.3) is 0 Å². The van der Waals surface area contributed by atoms with Gasteiger partial charge in [0.15, 0.2) is 0 Å². The summed E-state index contributed by atoms with van der Waals surface area (Å²) in [6, 6.07) is 9.66. The molecule has 0 saturated carbocycles. The summed E-state index contributed by atoms with van der Waals surface area (Å²) in [5, 5.41) is 0. The molecule has 0 aliphatic carbocycles. The van der Waals surface area contributed by atoms with Crippen molar-refractivity contribution in [3.8, 4) is 0 Å². The van der Waals surface area contributed by atoms with Gasteiger partial charge in [-0.3, -0.25) is 4.90 Å². The lowest BCUT2D eigenvalue weighted by molar-refractivity contribution is 0.227. The van der Waals surface area contributed by atoms with E-state index in [0.29, 0.717) is 5.41 Å². The monoisotopic (exact) mass is 215 g/mol. The standard InChI is InChI=1S/C15H21N/c1-11-6-4-5-7-13(11)14-12(2)16-9-8-15(14,3)10-16/h4-7,12,14H,8-10H2,1-3H3/t12-,14?,15?/m1/s1. The summed E-state index contributed by atoms with van der Waals surface area (Å²) in [5.41, 5.74) is 3.57. The molecule has 1 aromatic carbocycles. The molecular weight excluding hydrogens is 194 g/mol. The average Bonchev–Trinajstić information content (AvgIpc) is 2.74. The predicted molar refractivity (Wildman–Crippen MR) is 67.7 cm³/mol. The molecule has 3 unspecified atom stereocenters. The van der Waals surface area contributed by atoms with Gasteiger partial charge in [0.1, 0.15) is 0 Å². The molecule has 16 heavy (non-hydrogen) atoms. The molecule has 1 nitrogen and oxygen atoms in total. The minimum atomic E-state index is 0.519. The van der Waals surface area contributed by atoms with Crippen molar-refractivity contribution < 1.29 is 0 Å². The second-order valence-corrected chi connectivity index (χ2v) is 5.95. The summed E-state index contributed by atoms with van der Waals surface area (Å²) >= 11 is 0. The van der Waals surface area contributed by atoms with Crippen molar-refractivity contribution in [1.29, 1.82) is 0 Å². The van der Waals surface area contributed by atoms with Crippen LogP contribution in [0.3, 0.4) is 0 Å². The lowest BCUT2D eigenvalue weighted by Gasteiger charge is -2.36.